The van der Waals surface area contributed by atoms with Gasteiger partial charge in [0.05, 0.1) is 11.3 Å². The summed E-state index contributed by atoms with van der Waals surface area (Å²) in [6.07, 6.45) is 1.80. The van der Waals surface area contributed by atoms with E-state index in [1.165, 1.54) is 5.56 Å². The lowest BCUT2D eigenvalue weighted by Gasteiger charge is -2.19. The maximum atomic E-state index is 12.6. The molecule has 2 rings (SSSR count). The van der Waals surface area contributed by atoms with E-state index in [1.54, 1.807) is 11.8 Å². The predicted octanol–water partition coefficient (Wildman–Crippen LogP) is 5.65. The van der Waals surface area contributed by atoms with Crippen LogP contribution < -0.4 is 5.32 Å². The molecule has 24 heavy (non-hydrogen) atoms. The van der Waals surface area contributed by atoms with Gasteiger partial charge in [-0.25, -0.2) is 0 Å². The third-order valence-corrected chi connectivity index (χ3v) is 5.63. The lowest BCUT2D eigenvalue weighted by Crippen LogP contribution is -2.34. The summed E-state index contributed by atoms with van der Waals surface area (Å²) in [5.41, 5.74) is 2.44. The van der Waals surface area contributed by atoms with E-state index < -0.39 is 0 Å². The van der Waals surface area contributed by atoms with Gasteiger partial charge >= 0.3 is 0 Å². The van der Waals surface area contributed by atoms with Gasteiger partial charge in [0.2, 0.25) is 5.91 Å². The maximum Gasteiger partial charge on any atom is 0.233 e. The molecule has 0 heterocycles. The molecule has 1 amide bonds. The van der Waals surface area contributed by atoms with Crippen molar-refractivity contribution in [1.29, 1.82) is 0 Å². The van der Waals surface area contributed by atoms with Crippen molar-refractivity contribution in [3.63, 3.8) is 0 Å². The molecule has 128 valence electrons. The predicted molar refractivity (Wildman–Crippen MR) is 104 cm³/mol. The van der Waals surface area contributed by atoms with E-state index in [9.17, 15) is 4.79 Å². The molecule has 2 unspecified atom stereocenters. The molecular formula is C20H24ClNOS. The lowest BCUT2D eigenvalue weighted by molar-refractivity contribution is -0.121. The molecule has 0 aliphatic rings. The first-order chi connectivity index (χ1) is 11.5. The van der Waals surface area contributed by atoms with Crippen LogP contribution in [0.25, 0.3) is 0 Å². The number of hydrogen-bond donors (Lipinski definition) is 1. The third-order valence-electron chi connectivity index (χ3n) is 4.00. The molecule has 0 aliphatic carbocycles. The summed E-state index contributed by atoms with van der Waals surface area (Å²) >= 11 is 7.49. The zero-order valence-corrected chi connectivity index (χ0v) is 16.0. The Hall–Kier alpha value is -1.45. The van der Waals surface area contributed by atoms with Crippen LogP contribution in [0.1, 0.15) is 44.4 Å². The van der Waals surface area contributed by atoms with Gasteiger partial charge in [-0.15, -0.1) is 11.8 Å². The maximum absolute atomic E-state index is 12.6. The van der Waals surface area contributed by atoms with Crippen molar-refractivity contribution >= 4 is 29.3 Å². The van der Waals surface area contributed by atoms with E-state index in [-0.39, 0.29) is 17.2 Å². The minimum atomic E-state index is -0.108. The van der Waals surface area contributed by atoms with E-state index in [4.69, 9.17) is 11.6 Å². The summed E-state index contributed by atoms with van der Waals surface area (Å²) < 4.78 is 0. The van der Waals surface area contributed by atoms with Crippen LogP contribution in [0.4, 0.5) is 0 Å². The first kappa shape index (κ1) is 18.9. The fourth-order valence-electron chi connectivity index (χ4n) is 2.43. The van der Waals surface area contributed by atoms with Crippen molar-refractivity contribution < 1.29 is 4.79 Å². The average molecular weight is 362 g/mol. The molecule has 4 heteroatoms. The monoisotopic (exact) mass is 361 g/mol. The van der Waals surface area contributed by atoms with E-state index in [0.29, 0.717) is 5.02 Å². The van der Waals surface area contributed by atoms with Gasteiger partial charge in [0.1, 0.15) is 0 Å². The normalized spacial score (nSPS) is 13.3. The number of benzene rings is 2. The van der Waals surface area contributed by atoms with Crippen LogP contribution in [0.2, 0.25) is 5.02 Å². The SMILES string of the molecule is CCc1ccc(C(C)NC(=O)C(CC)Sc2ccc(Cl)cc2)cc1. The van der Waals surface area contributed by atoms with Crippen molar-refractivity contribution in [1.82, 2.24) is 5.32 Å². The summed E-state index contributed by atoms with van der Waals surface area (Å²) in [7, 11) is 0. The highest BCUT2D eigenvalue weighted by atomic mass is 35.5. The molecule has 0 fully saturated rings. The zero-order chi connectivity index (χ0) is 17.5. The van der Waals surface area contributed by atoms with Gasteiger partial charge in [0.25, 0.3) is 0 Å². The van der Waals surface area contributed by atoms with Gasteiger partial charge in [-0.05, 0) is 55.2 Å². The number of rotatable bonds is 7. The first-order valence-electron chi connectivity index (χ1n) is 8.35. The number of thioether (sulfide) groups is 1. The van der Waals surface area contributed by atoms with Crippen molar-refractivity contribution in [2.24, 2.45) is 0 Å². The Morgan fingerprint density at radius 2 is 1.71 bits per heavy atom. The smallest absolute Gasteiger partial charge is 0.233 e. The Balaban J connectivity index is 1.98. The number of halogens is 1. The molecule has 0 spiro atoms. The molecule has 0 bridgehead atoms. The second-order valence-corrected chi connectivity index (χ2v) is 7.51. The largest absolute Gasteiger partial charge is 0.349 e. The molecule has 2 aromatic rings. The average Bonchev–Trinajstić information content (AvgIpc) is 2.61. The van der Waals surface area contributed by atoms with Gasteiger partial charge in [-0.3, -0.25) is 4.79 Å². The quantitative estimate of drug-likeness (QED) is 0.645. The highest BCUT2D eigenvalue weighted by molar-refractivity contribution is 8.00. The van der Waals surface area contributed by atoms with E-state index in [1.807, 2.05) is 38.1 Å². The molecule has 2 nitrogen and oxygen atoms in total. The Labute approximate surface area is 154 Å². The number of amides is 1. The Kier molecular flexibility index (Phi) is 7.19. The van der Waals surface area contributed by atoms with Crippen LogP contribution in [0, 0.1) is 0 Å². The second-order valence-electron chi connectivity index (χ2n) is 5.79. The Morgan fingerprint density at radius 3 is 2.25 bits per heavy atom. The van der Waals surface area contributed by atoms with Crippen LogP contribution in [0.3, 0.4) is 0 Å². The van der Waals surface area contributed by atoms with Gasteiger partial charge in [0.15, 0.2) is 0 Å². The molecule has 0 saturated heterocycles. The number of carbonyl (C=O) groups excluding carboxylic acids is 1. The fraction of sp³-hybridized carbons (Fsp3) is 0.350. The van der Waals surface area contributed by atoms with E-state index in [2.05, 4.69) is 36.5 Å². The van der Waals surface area contributed by atoms with E-state index in [0.717, 1.165) is 23.3 Å². The molecule has 0 aliphatic heterocycles. The molecule has 2 atom stereocenters. The third kappa shape index (κ3) is 5.29. The molecule has 1 N–H and O–H groups in total. The summed E-state index contributed by atoms with van der Waals surface area (Å²) in [5.74, 6) is 0.0736. The highest BCUT2D eigenvalue weighted by Gasteiger charge is 2.20. The second kappa shape index (κ2) is 9.14. The summed E-state index contributed by atoms with van der Waals surface area (Å²) in [6.45, 7) is 6.20. The minimum absolute atomic E-state index is 0.00303. The van der Waals surface area contributed by atoms with Crippen molar-refractivity contribution in [2.45, 2.75) is 49.8 Å². The summed E-state index contributed by atoms with van der Waals surface area (Å²) in [4.78, 5) is 13.7. The van der Waals surface area contributed by atoms with Gasteiger partial charge < -0.3 is 5.32 Å². The first-order valence-corrected chi connectivity index (χ1v) is 9.60. The van der Waals surface area contributed by atoms with Crippen LogP contribution in [0.5, 0.6) is 0 Å². The number of carbonyl (C=O) groups is 1. The minimum Gasteiger partial charge on any atom is -0.349 e. The Morgan fingerprint density at radius 1 is 1.08 bits per heavy atom. The van der Waals surface area contributed by atoms with Crippen LogP contribution in [0.15, 0.2) is 53.4 Å². The number of hydrogen-bond acceptors (Lipinski definition) is 2. The van der Waals surface area contributed by atoms with Crippen LogP contribution >= 0.6 is 23.4 Å². The number of aryl methyl sites for hydroxylation is 1. The van der Waals surface area contributed by atoms with Crippen LogP contribution in [-0.4, -0.2) is 11.2 Å². The van der Waals surface area contributed by atoms with Crippen molar-refractivity contribution in [3.8, 4) is 0 Å². The topological polar surface area (TPSA) is 29.1 Å². The summed E-state index contributed by atoms with van der Waals surface area (Å²) in [6, 6.07) is 16.1. The van der Waals surface area contributed by atoms with Crippen LogP contribution in [-0.2, 0) is 11.2 Å². The van der Waals surface area contributed by atoms with E-state index >= 15 is 0 Å². The van der Waals surface area contributed by atoms with Crippen molar-refractivity contribution in [3.05, 3.63) is 64.7 Å². The molecule has 0 radical (unpaired) electrons. The molecule has 0 aromatic heterocycles. The fourth-order valence-corrected chi connectivity index (χ4v) is 3.52. The zero-order valence-electron chi connectivity index (χ0n) is 14.4. The summed E-state index contributed by atoms with van der Waals surface area (Å²) in [5, 5.41) is 3.73. The van der Waals surface area contributed by atoms with Gasteiger partial charge in [-0.1, -0.05) is 49.7 Å². The highest BCUT2D eigenvalue weighted by Crippen LogP contribution is 2.27. The molecular weight excluding hydrogens is 338 g/mol. The standard InChI is InChI=1S/C20H24ClNOS/c1-4-15-6-8-16(9-7-15)14(3)22-20(23)19(5-2)24-18-12-10-17(21)11-13-18/h6-14,19H,4-5H2,1-3H3,(H,22,23). The lowest BCUT2D eigenvalue weighted by atomic mass is 10.0. The molecule has 0 saturated carbocycles. The molecule has 2 aromatic carbocycles. The van der Waals surface area contributed by atoms with Gasteiger partial charge in [-0.2, -0.15) is 0 Å². The number of nitrogens with one attached hydrogen (secondary N) is 1. The van der Waals surface area contributed by atoms with Gasteiger partial charge in [0, 0.05) is 9.92 Å². The Bertz CT molecular complexity index is 654. The van der Waals surface area contributed by atoms with Crippen molar-refractivity contribution in [2.75, 3.05) is 0 Å².